The van der Waals surface area contributed by atoms with E-state index in [-0.39, 0.29) is 5.91 Å². The minimum atomic E-state index is 0.0602. The number of nitrogens with one attached hydrogen (secondary N) is 1. The zero-order valence-electron chi connectivity index (χ0n) is 12.9. The molecule has 0 saturated heterocycles. The molecule has 1 N–H and O–H groups in total. The number of carbonyl (C=O) groups excluding carboxylic acids is 1. The molecule has 0 atom stereocenters. The second-order valence-electron chi connectivity index (χ2n) is 5.17. The fraction of sp³-hybridized carbons (Fsp3) is 0.375. The van der Waals surface area contributed by atoms with Gasteiger partial charge in [-0.15, -0.1) is 11.3 Å². The van der Waals surface area contributed by atoms with E-state index in [1.54, 1.807) is 11.3 Å². The average molecular weight is 303 g/mol. The third kappa shape index (κ3) is 3.82. The summed E-state index contributed by atoms with van der Waals surface area (Å²) in [5, 5.41) is 3.90. The summed E-state index contributed by atoms with van der Waals surface area (Å²) < 4.78 is 0. The Balaban J connectivity index is 2.17. The van der Waals surface area contributed by atoms with Crippen LogP contribution in [0, 0.1) is 6.92 Å². The summed E-state index contributed by atoms with van der Waals surface area (Å²) in [5.74, 6) is 0.0602. The molecule has 0 aliphatic carbocycles. The zero-order chi connectivity index (χ0) is 15.4. The fourth-order valence-corrected chi connectivity index (χ4v) is 2.86. The molecule has 0 saturated carbocycles. The predicted molar refractivity (Wildman–Crippen MR) is 90.2 cm³/mol. The highest BCUT2D eigenvalue weighted by molar-refractivity contribution is 7.16. The molecule has 0 radical (unpaired) electrons. The summed E-state index contributed by atoms with van der Waals surface area (Å²) in [6.07, 6.45) is 1.41. The number of hydrogen-bond acceptors (Lipinski definition) is 4. The van der Waals surface area contributed by atoms with Crippen molar-refractivity contribution in [3.8, 4) is 11.3 Å². The summed E-state index contributed by atoms with van der Waals surface area (Å²) in [6, 6.07) is 7.86. The third-order valence-corrected chi connectivity index (χ3v) is 4.23. The van der Waals surface area contributed by atoms with Gasteiger partial charge in [-0.05, 0) is 25.5 Å². The van der Waals surface area contributed by atoms with Gasteiger partial charge in [-0.3, -0.25) is 4.79 Å². The summed E-state index contributed by atoms with van der Waals surface area (Å²) in [7, 11) is 3.99. The summed E-state index contributed by atoms with van der Waals surface area (Å²) in [5.41, 5.74) is 2.92. The molecule has 0 fully saturated rings. The Bertz CT molecular complexity index is 617. The van der Waals surface area contributed by atoms with Crippen molar-refractivity contribution in [1.29, 1.82) is 0 Å². The highest BCUT2D eigenvalue weighted by atomic mass is 32.1. The van der Waals surface area contributed by atoms with Crippen LogP contribution in [0.5, 0.6) is 0 Å². The third-order valence-electron chi connectivity index (χ3n) is 3.09. The molecule has 0 spiro atoms. The first-order valence-corrected chi connectivity index (χ1v) is 7.88. The van der Waals surface area contributed by atoms with Gasteiger partial charge in [-0.2, -0.15) is 0 Å². The molecule has 21 heavy (non-hydrogen) atoms. The van der Waals surface area contributed by atoms with E-state index in [0.29, 0.717) is 6.42 Å². The van der Waals surface area contributed by atoms with Crippen LogP contribution in [0.25, 0.3) is 11.3 Å². The maximum atomic E-state index is 11.6. The topological polar surface area (TPSA) is 45.2 Å². The minimum absolute atomic E-state index is 0.0602. The van der Waals surface area contributed by atoms with Gasteiger partial charge in [-0.25, -0.2) is 4.98 Å². The minimum Gasteiger partial charge on any atom is -0.354 e. The SMILES string of the molecule is CCCC(=O)Nc1ccc(-c2nc(N(C)C)sc2C)cc1. The smallest absolute Gasteiger partial charge is 0.224 e. The summed E-state index contributed by atoms with van der Waals surface area (Å²) >= 11 is 1.68. The van der Waals surface area contributed by atoms with Crippen molar-refractivity contribution in [3.05, 3.63) is 29.1 Å². The van der Waals surface area contributed by atoms with E-state index in [1.807, 2.05) is 50.2 Å². The molecule has 1 heterocycles. The van der Waals surface area contributed by atoms with Crippen LogP contribution in [0.15, 0.2) is 24.3 Å². The van der Waals surface area contributed by atoms with Crippen LogP contribution in [0.2, 0.25) is 0 Å². The Hall–Kier alpha value is -1.88. The molecule has 5 heteroatoms. The second kappa shape index (κ2) is 6.72. The normalized spacial score (nSPS) is 10.5. The second-order valence-corrected chi connectivity index (χ2v) is 6.35. The number of amides is 1. The van der Waals surface area contributed by atoms with Crippen molar-refractivity contribution in [2.24, 2.45) is 0 Å². The molecule has 1 aromatic heterocycles. The first kappa shape index (κ1) is 15.5. The van der Waals surface area contributed by atoms with Gasteiger partial charge in [-0.1, -0.05) is 19.1 Å². The first-order valence-electron chi connectivity index (χ1n) is 7.06. The monoisotopic (exact) mass is 303 g/mol. The highest BCUT2D eigenvalue weighted by Crippen LogP contribution is 2.32. The summed E-state index contributed by atoms with van der Waals surface area (Å²) in [6.45, 7) is 4.08. The van der Waals surface area contributed by atoms with E-state index in [1.165, 1.54) is 4.88 Å². The van der Waals surface area contributed by atoms with E-state index in [0.717, 1.165) is 28.5 Å². The van der Waals surface area contributed by atoms with E-state index >= 15 is 0 Å². The van der Waals surface area contributed by atoms with Crippen LogP contribution >= 0.6 is 11.3 Å². The average Bonchev–Trinajstić information content (AvgIpc) is 2.82. The molecule has 0 aliphatic rings. The van der Waals surface area contributed by atoms with Crippen LogP contribution < -0.4 is 10.2 Å². The number of carbonyl (C=O) groups is 1. The molecule has 2 rings (SSSR count). The lowest BCUT2D eigenvalue weighted by Gasteiger charge is -2.06. The molecule has 2 aromatic rings. The van der Waals surface area contributed by atoms with Gasteiger partial charge in [0.15, 0.2) is 5.13 Å². The fourth-order valence-electron chi connectivity index (χ4n) is 2.00. The quantitative estimate of drug-likeness (QED) is 0.910. The van der Waals surface area contributed by atoms with Crippen molar-refractivity contribution in [1.82, 2.24) is 4.98 Å². The van der Waals surface area contributed by atoms with E-state index in [4.69, 9.17) is 0 Å². The van der Waals surface area contributed by atoms with Crippen LogP contribution in [-0.4, -0.2) is 25.0 Å². The number of rotatable bonds is 5. The maximum absolute atomic E-state index is 11.6. The largest absolute Gasteiger partial charge is 0.354 e. The highest BCUT2D eigenvalue weighted by Gasteiger charge is 2.11. The van der Waals surface area contributed by atoms with Gasteiger partial charge >= 0.3 is 0 Å². The molecule has 0 unspecified atom stereocenters. The number of benzene rings is 1. The van der Waals surface area contributed by atoms with Gasteiger partial charge in [0.1, 0.15) is 0 Å². The van der Waals surface area contributed by atoms with E-state index in [9.17, 15) is 4.79 Å². The number of aromatic nitrogens is 1. The van der Waals surface area contributed by atoms with Gasteiger partial charge < -0.3 is 10.2 Å². The van der Waals surface area contributed by atoms with Crippen molar-refractivity contribution < 1.29 is 4.79 Å². The lowest BCUT2D eigenvalue weighted by atomic mass is 10.1. The molecule has 1 aromatic carbocycles. The van der Waals surface area contributed by atoms with Crippen LogP contribution in [0.4, 0.5) is 10.8 Å². The molecular formula is C16H21N3OS. The van der Waals surface area contributed by atoms with Crippen molar-refractivity contribution in [2.75, 3.05) is 24.3 Å². The van der Waals surface area contributed by atoms with Crippen LogP contribution in [-0.2, 0) is 4.79 Å². The van der Waals surface area contributed by atoms with E-state index in [2.05, 4.69) is 17.2 Å². The van der Waals surface area contributed by atoms with Gasteiger partial charge in [0.2, 0.25) is 5.91 Å². The standard InChI is InChI=1S/C16H21N3OS/c1-5-6-14(20)17-13-9-7-12(8-10-13)15-11(2)21-16(18-15)19(3)4/h7-10H,5-6H2,1-4H3,(H,17,20). The number of anilines is 2. The lowest BCUT2D eigenvalue weighted by Crippen LogP contribution is -2.10. The number of nitrogens with zero attached hydrogens (tertiary/aromatic N) is 2. The first-order chi connectivity index (χ1) is 10.0. The molecule has 1 amide bonds. The van der Waals surface area contributed by atoms with Gasteiger partial charge in [0.25, 0.3) is 0 Å². The van der Waals surface area contributed by atoms with Gasteiger partial charge in [0.05, 0.1) is 5.69 Å². The molecule has 4 nitrogen and oxygen atoms in total. The van der Waals surface area contributed by atoms with Crippen LogP contribution in [0.3, 0.4) is 0 Å². The Kier molecular flexibility index (Phi) is 4.96. The predicted octanol–water partition coefficient (Wildman–Crippen LogP) is 3.92. The number of thiazole rings is 1. The van der Waals surface area contributed by atoms with Gasteiger partial charge in [0, 0.05) is 36.6 Å². The molecule has 112 valence electrons. The maximum Gasteiger partial charge on any atom is 0.224 e. The lowest BCUT2D eigenvalue weighted by molar-refractivity contribution is -0.116. The van der Waals surface area contributed by atoms with Crippen LogP contribution in [0.1, 0.15) is 24.6 Å². The Morgan fingerprint density at radius 2 is 1.95 bits per heavy atom. The molecule has 0 aliphatic heterocycles. The Morgan fingerprint density at radius 1 is 1.29 bits per heavy atom. The number of aryl methyl sites for hydroxylation is 1. The Labute approximate surface area is 129 Å². The zero-order valence-corrected chi connectivity index (χ0v) is 13.8. The summed E-state index contributed by atoms with van der Waals surface area (Å²) in [4.78, 5) is 19.4. The Morgan fingerprint density at radius 3 is 2.48 bits per heavy atom. The molecular weight excluding hydrogens is 282 g/mol. The number of hydrogen-bond donors (Lipinski definition) is 1. The van der Waals surface area contributed by atoms with E-state index < -0.39 is 0 Å². The molecule has 0 bridgehead atoms. The van der Waals surface area contributed by atoms with Crippen molar-refractivity contribution >= 4 is 28.1 Å². The van der Waals surface area contributed by atoms with Crippen molar-refractivity contribution in [3.63, 3.8) is 0 Å². The van der Waals surface area contributed by atoms with Crippen molar-refractivity contribution in [2.45, 2.75) is 26.7 Å².